The smallest absolute Gasteiger partial charge is 0.416 e. The van der Waals surface area contributed by atoms with E-state index in [0.717, 1.165) is 56.8 Å². The van der Waals surface area contributed by atoms with Crippen molar-refractivity contribution in [1.29, 1.82) is 0 Å². The van der Waals surface area contributed by atoms with Crippen LogP contribution >= 0.6 is 0 Å². The number of rotatable bonds is 26. The summed E-state index contributed by atoms with van der Waals surface area (Å²) in [4.78, 5) is 129. The Balaban J connectivity index is 0.569. The number of amides is 9. The SMILES string of the molecule is COc1cc2c(cc1OCCCOc1cc3c(cc1OC)C(=O)N1CC4(CC4)C[C@H]1C(O)N3C(=O)OCc1ccc(NC(=O)[C@H](C)NC(=O)[C@@H](NC(=O)CNC(=O)CNC(=O)CCC(=O)N3Cc4ccccc4-c4nnn(C(C)C)c4-c4ccccc43)C(C)C)cc1)NC[C@@H]1CC(c3ccc(CO)cc3)=CN1C2=O. The number of nitrogens with zero attached hydrogens (tertiary/aromatic N) is 7. The minimum absolute atomic E-state index is 0.0299. The molecule has 6 aromatic carbocycles. The van der Waals surface area contributed by atoms with Gasteiger partial charge in [-0.25, -0.2) is 14.4 Å². The molecule has 0 radical (unpaired) electrons. The molecule has 1 saturated heterocycles. The summed E-state index contributed by atoms with van der Waals surface area (Å²) in [5.74, 6) is -3.40. The number of aromatic nitrogens is 3. The number of benzene rings is 6. The molecule has 9 amide bonds. The topological polar surface area (TPSA) is 356 Å². The largest absolute Gasteiger partial charge is 0.493 e. The fourth-order valence-electron chi connectivity index (χ4n) is 14.5. The number of nitrogens with one attached hydrogen (secondary N) is 6. The van der Waals surface area contributed by atoms with Crippen molar-refractivity contribution in [2.45, 2.75) is 136 Å². The summed E-state index contributed by atoms with van der Waals surface area (Å²) in [5, 5.41) is 47.2. The van der Waals surface area contributed by atoms with Gasteiger partial charge in [0.05, 0.1) is 99.6 Å². The van der Waals surface area contributed by atoms with E-state index in [9.17, 15) is 53.4 Å². The molecule has 1 aliphatic carbocycles. The lowest BCUT2D eigenvalue weighted by Gasteiger charge is -2.31. The Labute approximate surface area is 629 Å². The van der Waals surface area contributed by atoms with Crippen molar-refractivity contribution >= 4 is 81.7 Å². The van der Waals surface area contributed by atoms with Crippen LogP contribution in [0, 0.1) is 11.3 Å². The van der Waals surface area contributed by atoms with Crippen LogP contribution in [0.4, 0.5) is 27.5 Å². The van der Waals surface area contributed by atoms with E-state index in [1.807, 2.05) is 97.5 Å². The summed E-state index contributed by atoms with van der Waals surface area (Å²) in [6.45, 7) is 8.86. The van der Waals surface area contributed by atoms with Gasteiger partial charge >= 0.3 is 6.09 Å². The van der Waals surface area contributed by atoms with Gasteiger partial charge in [0.25, 0.3) is 11.8 Å². The summed E-state index contributed by atoms with van der Waals surface area (Å²) in [7, 11) is 2.93. The molecule has 6 heterocycles. The van der Waals surface area contributed by atoms with Crippen molar-refractivity contribution in [3.8, 4) is 45.5 Å². The third-order valence-corrected chi connectivity index (χ3v) is 20.7. The molecule has 6 aliphatic rings. The third kappa shape index (κ3) is 16.2. The Morgan fingerprint density at radius 2 is 1.37 bits per heavy atom. The van der Waals surface area contributed by atoms with Crippen molar-refractivity contribution in [1.82, 2.24) is 46.1 Å². The molecule has 1 unspecified atom stereocenters. The average molecular weight is 1490 g/mol. The van der Waals surface area contributed by atoms with Crippen LogP contribution in [0.3, 0.4) is 0 Å². The van der Waals surface area contributed by atoms with Gasteiger partial charge in [0.15, 0.2) is 29.2 Å². The molecule has 1 spiro atoms. The molecule has 570 valence electrons. The summed E-state index contributed by atoms with van der Waals surface area (Å²) < 4.78 is 31.7. The number of carbonyl (C=O) groups is 9. The highest BCUT2D eigenvalue weighted by atomic mass is 16.6. The van der Waals surface area contributed by atoms with Crippen LogP contribution in [0.1, 0.15) is 129 Å². The monoisotopic (exact) mass is 1490 g/mol. The Morgan fingerprint density at radius 1 is 0.697 bits per heavy atom. The van der Waals surface area contributed by atoms with Crippen molar-refractivity contribution in [3.05, 3.63) is 161 Å². The summed E-state index contributed by atoms with van der Waals surface area (Å²) >= 11 is 0. The van der Waals surface area contributed by atoms with E-state index in [0.29, 0.717) is 77.7 Å². The first-order chi connectivity index (χ1) is 52.5. The Kier molecular flexibility index (Phi) is 22.3. The van der Waals surface area contributed by atoms with Crippen molar-refractivity contribution < 1.29 is 77.0 Å². The minimum atomic E-state index is -1.51. The van der Waals surface area contributed by atoms with E-state index in [2.05, 4.69) is 42.2 Å². The van der Waals surface area contributed by atoms with Crippen LogP contribution in [-0.4, -0.2) is 172 Å². The van der Waals surface area contributed by atoms with Gasteiger partial charge in [-0.15, -0.1) is 5.10 Å². The summed E-state index contributed by atoms with van der Waals surface area (Å²) in [6.07, 6.45) is 2.27. The molecule has 1 aromatic heterocycles. The normalized spacial score (nSPS) is 17.5. The lowest BCUT2D eigenvalue weighted by atomic mass is 9.95. The van der Waals surface area contributed by atoms with Gasteiger partial charge in [-0.1, -0.05) is 97.9 Å². The van der Waals surface area contributed by atoms with Crippen molar-refractivity contribution in [2.75, 3.05) is 74.0 Å². The molecule has 7 aromatic rings. The van der Waals surface area contributed by atoms with Crippen LogP contribution in [0.2, 0.25) is 0 Å². The first kappa shape index (κ1) is 75.4. The molecule has 29 heteroatoms. The molecule has 0 bridgehead atoms. The molecule has 1 saturated carbocycles. The van der Waals surface area contributed by atoms with E-state index < -0.39 is 79.0 Å². The first-order valence-corrected chi connectivity index (χ1v) is 36.6. The van der Waals surface area contributed by atoms with Crippen molar-refractivity contribution in [2.24, 2.45) is 11.3 Å². The van der Waals surface area contributed by atoms with E-state index in [-0.39, 0.29) is 104 Å². The van der Waals surface area contributed by atoms with E-state index >= 15 is 0 Å². The van der Waals surface area contributed by atoms with E-state index in [1.54, 1.807) is 64.9 Å². The zero-order valence-corrected chi connectivity index (χ0v) is 61.7. The van der Waals surface area contributed by atoms with Crippen LogP contribution in [0.15, 0.2) is 128 Å². The van der Waals surface area contributed by atoms with Gasteiger partial charge in [-0.05, 0) is 116 Å². The quantitative estimate of drug-likeness (QED) is 0.0239. The number of carbonyl (C=O) groups excluding carboxylic acids is 9. The fourth-order valence-corrected chi connectivity index (χ4v) is 14.5. The molecule has 5 atom stereocenters. The van der Waals surface area contributed by atoms with Gasteiger partial charge in [0, 0.05) is 73.5 Å². The minimum Gasteiger partial charge on any atom is -0.493 e. The lowest BCUT2D eigenvalue weighted by Crippen LogP contribution is -2.55. The van der Waals surface area contributed by atoms with Crippen LogP contribution in [-0.2, 0) is 53.3 Å². The molecule has 5 aliphatic heterocycles. The number of aliphatic hydroxyl groups is 2. The Morgan fingerprint density at radius 3 is 2.06 bits per heavy atom. The summed E-state index contributed by atoms with van der Waals surface area (Å²) in [6, 6.07) is 32.5. The van der Waals surface area contributed by atoms with Crippen molar-refractivity contribution in [3.63, 3.8) is 0 Å². The second kappa shape index (κ2) is 32.3. The number of anilines is 4. The van der Waals surface area contributed by atoms with Gasteiger partial charge in [-0.3, -0.25) is 38.4 Å². The molecule has 8 N–H and O–H groups in total. The Hall–Kier alpha value is -11.9. The predicted molar refractivity (Wildman–Crippen MR) is 402 cm³/mol. The zero-order valence-electron chi connectivity index (χ0n) is 61.7. The highest BCUT2D eigenvalue weighted by molar-refractivity contribution is 6.07. The average Bonchev–Trinajstić information content (AvgIpc) is 1.60. The maximum Gasteiger partial charge on any atom is 0.416 e. The summed E-state index contributed by atoms with van der Waals surface area (Å²) in [5.41, 5.74) is 9.25. The zero-order chi connectivity index (χ0) is 76.9. The maximum atomic E-state index is 14.5. The standard InChI is InChI=1S/C80H89N13O16/c1-45(2)71(86-69(97)39-83-68(96)38-82-67(95)25-26-70(98)90-40-51-13-8-9-14-55(51)72-73(93(46(3)4)88-87-72)56-15-10-11-16-60(56)90)75(100)84-47(5)74(99)85-53-23-19-49(20-24-53)43-109-79(104)92-61-35-66(64(106-7)33-58(61)77(102)91-44-80(27-28-80)36-62(91)78(92)103)108-30-12-29-107-65-34-59-57(32-63(65)105-6)76(101)89-41-52(31-54(89)37-81-59)50-21-17-48(42-94)18-22-50/h8-11,13-24,32-35,41,45-47,54,62,71,78,81,94,103H,12,25-31,36-40,42-44H2,1-7H3,(H,82,95)(H,83,96)(H,84,100)(H,85,99)(H,86,97)/t47-,54-,62-,71-,78?/m0/s1. The fraction of sp³-hybridized carbons (Fsp3) is 0.388. The van der Waals surface area contributed by atoms with Gasteiger partial charge in [0.1, 0.15) is 24.4 Å². The lowest BCUT2D eigenvalue weighted by molar-refractivity contribution is -0.132. The van der Waals surface area contributed by atoms with E-state index in [4.69, 9.17) is 23.7 Å². The predicted octanol–water partition coefficient (Wildman–Crippen LogP) is 7.84. The number of methoxy groups -OCH3 is 2. The number of aliphatic hydroxyl groups excluding tert-OH is 2. The number of para-hydroxylation sites is 1. The van der Waals surface area contributed by atoms with Crippen LogP contribution < -0.4 is 60.6 Å². The molecule has 29 nitrogen and oxygen atoms in total. The van der Waals surface area contributed by atoms with Gasteiger partial charge < -0.3 is 80.5 Å². The van der Waals surface area contributed by atoms with Crippen LogP contribution in [0.25, 0.3) is 28.1 Å². The maximum absolute atomic E-state index is 14.5. The molecule has 13 rings (SSSR count). The first-order valence-electron chi connectivity index (χ1n) is 36.6. The van der Waals surface area contributed by atoms with E-state index in [1.165, 1.54) is 33.3 Å². The molecular formula is C80H89N13O16. The Bertz CT molecular complexity index is 4710. The van der Waals surface area contributed by atoms with Gasteiger partial charge in [-0.2, -0.15) is 0 Å². The molecular weight excluding hydrogens is 1400 g/mol. The number of hydrogen-bond donors (Lipinski definition) is 8. The number of ether oxygens (including phenoxy) is 5. The second-order valence-corrected chi connectivity index (χ2v) is 28.9. The van der Waals surface area contributed by atoms with Gasteiger partial charge in [0.2, 0.25) is 35.4 Å². The van der Waals surface area contributed by atoms with Crippen LogP contribution in [0.5, 0.6) is 23.0 Å². The number of fused-ring (bicyclic) bond motifs is 9. The number of hydrogen-bond acceptors (Lipinski definition) is 19. The molecule has 109 heavy (non-hydrogen) atoms. The highest BCUT2D eigenvalue weighted by Crippen LogP contribution is 2.57. The second-order valence-electron chi connectivity index (χ2n) is 28.9. The highest BCUT2D eigenvalue weighted by Gasteiger charge is 2.58. The molecule has 2 fully saturated rings. The third-order valence-electron chi connectivity index (χ3n) is 20.7.